The van der Waals surface area contributed by atoms with Gasteiger partial charge in [-0.05, 0) is 36.6 Å². The van der Waals surface area contributed by atoms with Gasteiger partial charge in [0, 0.05) is 45.5 Å². The van der Waals surface area contributed by atoms with E-state index in [1.54, 1.807) is 18.3 Å². The number of aromatic nitrogens is 1. The predicted octanol–water partition coefficient (Wildman–Crippen LogP) is 2.91. The minimum Gasteiger partial charge on any atom is -0.377 e. The van der Waals surface area contributed by atoms with Crippen molar-refractivity contribution in [1.29, 1.82) is 5.26 Å². The number of anilines is 1. The van der Waals surface area contributed by atoms with E-state index < -0.39 is 0 Å². The van der Waals surface area contributed by atoms with Gasteiger partial charge < -0.3 is 19.9 Å². The number of urea groups is 1. The quantitative estimate of drug-likeness (QED) is 0.816. The van der Waals surface area contributed by atoms with Gasteiger partial charge in [-0.1, -0.05) is 24.3 Å². The summed E-state index contributed by atoms with van der Waals surface area (Å²) in [6.45, 7) is 6.35. The summed E-state index contributed by atoms with van der Waals surface area (Å²) in [5, 5.41) is 12.3. The summed E-state index contributed by atoms with van der Waals surface area (Å²) in [7, 11) is 0. The van der Waals surface area contributed by atoms with Crippen LogP contribution in [0.15, 0.2) is 42.6 Å². The van der Waals surface area contributed by atoms with Crippen LogP contribution in [0.4, 0.5) is 10.6 Å². The maximum Gasteiger partial charge on any atom is 0.317 e. The Balaban J connectivity index is 1.57. The van der Waals surface area contributed by atoms with E-state index >= 15 is 0 Å². The Morgan fingerprint density at radius 2 is 2.00 bits per heavy atom. The lowest BCUT2D eigenvalue weighted by atomic mass is 10.1. The second-order valence-corrected chi connectivity index (χ2v) is 6.88. The number of carbonyl (C=O) groups excluding carboxylic acids is 1. The molecule has 1 aliphatic heterocycles. The Hall–Kier alpha value is -3.11. The molecule has 0 aliphatic carbocycles. The predicted molar refractivity (Wildman–Crippen MR) is 111 cm³/mol. The first-order valence-corrected chi connectivity index (χ1v) is 10.00. The molecule has 1 saturated heterocycles. The number of nitrogens with zero attached hydrogens (tertiary/aromatic N) is 4. The van der Waals surface area contributed by atoms with Crippen molar-refractivity contribution in [3.63, 3.8) is 0 Å². The highest BCUT2D eigenvalue weighted by Gasteiger charge is 2.21. The Labute approximate surface area is 171 Å². The van der Waals surface area contributed by atoms with Crippen LogP contribution < -0.4 is 10.2 Å². The molecule has 0 unspecified atom stereocenters. The first kappa shape index (κ1) is 20.6. The second-order valence-electron chi connectivity index (χ2n) is 6.88. The third-order valence-electron chi connectivity index (χ3n) is 5.00. The minimum absolute atomic E-state index is 0.0698. The SMILES string of the molecule is CCOCc1ccccc1CNC(=O)N1CCCN(c2ncccc2C#N)CC1. The molecule has 7 nitrogen and oxygen atoms in total. The highest BCUT2D eigenvalue weighted by Crippen LogP contribution is 2.18. The highest BCUT2D eigenvalue weighted by molar-refractivity contribution is 5.74. The molecule has 1 N–H and O–H groups in total. The topological polar surface area (TPSA) is 81.5 Å². The minimum atomic E-state index is -0.0698. The van der Waals surface area contributed by atoms with Crippen molar-refractivity contribution in [2.24, 2.45) is 0 Å². The zero-order valence-corrected chi connectivity index (χ0v) is 16.8. The summed E-state index contributed by atoms with van der Waals surface area (Å²) in [5.74, 6) is 0.696. The van der Waals surface area contributed by atoms with Crippen molar-refractivity contribution in [2.75, 3.05) is 37.7 Å². The van der Waals surface area contributed by atoms with Crippen LogP contribution in [0.1, 0.15) is 30.0 Å². The first-order chi connectivity index (χ1) is 14.2. The molecule has 0 spiro atoms. The maximum absolute atomic E-state index is 12.7. The molecule has 0 saturated carbocycles. The molecular formula is C22H27N5O2. The molecule has 2 aromatic rings. The maximum atomic E-state index is 12.7. The number of ether oxygens (including phenoxy) is 1. The van der Waals surface area contributed by atoms with Gasteiger partial charge in [0.1, 0.15) is 11.9 Å². The largest absolute Gasteiger partial charge is 0.377 e. The summed E-state index contributed by atoms with van der Waals surface area (Å²) >= 11 is 0. The molecule has 0 atom stereocenters. The van der Waals surface area contributed by atoms with Crippen LogP contribution in [-0.4, -0.2) is 48.7 Å². The van der Waals surface area contributed by atoms with Gasteiger partial charge in [0.05, 0.1) is 12.2 Å². The number of rotatable bonds is 6. The van der Waals surface area contributed by atoms with E-state index in [0.717, 1.165) is 24.1 Å². The Kier molecular flexibility index (Phi) is 7.42. The van der Waals surface area contributed by atoms with Crippen LogP contribution in [0.3, 0.4) is 0 Å². The van der Waals surface area contributed by atoms with Gasteiger partial charge in [-0.25, -0.2) is 9.78 Å². The average Bonchev–Trinajstić information content (AvgIpc) is 3.03. The summed E-state index contributed by atoms with van der Waals surface area (Å²) in [6, 6.07) is 13.7. The molecule has 7 heteroatoms. The summed E-state index contributed by atoms with van der Waals surface area (Å²) in [4.78, 5) is 21.0. The molecule has 0 radical (unpaired) electrons. The van der Waals surface area contributed by atoms with Gasteiger partial charge in [0.15, 0.2) is 0 Å². The van der Waals surface area contributed by atoms with Crippen molar-refractivity contribution < 1.29 is 9.53 Å². The smallest absolute Gasteiger partial charge is 0.317 e. The van der Waals surface area contributed by atoms with Crippen LogP contribution in [0, 0.1) is 11.3 Å². The Morgan fingerprint density at radius 1 is 1.17 bits per heavy atom. The third kappa shape index (κ3) is 5.46. The van der Waals surface area contributed by atoms with Crippen LogP contribution in [-0.2, 0) is 17.9 Å². The summed E-state index contributed by atoms with van der Waals surface area (Å²) < 4.78 is 5.52. The zero-order chi connectivity index (χ0) is 20.5. The van der Waals surface area contributed by atoms with E-state index in [1.807, 2.05) is 36.1 Å². The van der Waals surface area contributed by atoms with E-state index in [9.17, 15) is 10.1 Å². The highest BCUT2D eigenvalue weighted by atomic mass is 16.5. The van der Waals surface area contributed by atoms with Crippen molar-refractivity contribution in [2.45, 2.75) is 26.5 Å². The van der Waals surface area contributed by atoms with Gasteiger partial charge in [-0.3, -0.25) is 0 Å². The van der Waals surface area contributed by atoms with E-state index in [-0.39, 0.29) is 6.03 Å². The molecule has 1 fully saturated rings. The molecule has 152 valence electrons. The van der Waals surface area contributed by atoms with Crippen LogP contribution >= 0.6 is 0 Å². The number of amides is 2. The van der Waals surface area contributed by atoms with Gasteiger partial charge in [0.2, 0.25) is 0 Å². The number of benzene rings is 1. The molecule has 1 aromatic heterocycles. The molecule has 2 amide bonds. The van der Waals surface area contributed by atoms with E-state index in [1.165, 1.54) is 0 Å². The molecule has 0 bridgehead atoms. The number of hydrogen-bond acceptors (Lipinski definition) is 5. The lowest BCUT2D eigenvalue weighted by Crippen LogP contribution is -2.42. The zero-order valence-electron chi connectivity index (χ0n) is 16.8. The standard InChI is InChI=1S/C22H27N5O2/c1-2-29-17-20-8-4-3-7-19(20)16-25-22(28)27-12-6-11-26(13-14-27)21-18(15-23)9-5-10-24-21/h3-5,7-10H,2,6,11-14,16-17H2,1H3,(H,25,28). The molecule has 1 aromatic carbocycles. The fourth-order valence-corrected chi connectivity index (χ4v) is 3.43. The van der Waals surface area contributed by atoms with Gasteiger partial charge in [0.25, 0.3) is 0 Å². The lowest BCUT2D eigenvalue weighted by molar-refractivity contribution is 0.133. The van der Waals surface area contributed by atoms with Gasteiger partial charge in [-0.15, -0.1) is 0 Å². The van der Waals surface area contributed by atoms with Crippen LogP contribution in [0.5, 0.6) is 0 Å². The van der Waals surface area contributed by atoms with Crippen LogP contribution in [0.25, 0.3) is 0 Å². The number of pyridine rings is 1. The molecule has 1 aliphatic rings. The summed E-state index contributed by atoms with van der Waals surface area (Å²) in [6.07, 6.45) is 2.53. The fraction of sp³-hybridized carbons (Fsp3) is 0.409. The summed E-state index contributed by atoms with van der Waals surface area (Å²) in [5.41, 5.74) is 2.73. The average molecular weight is 393 g/mol. The van der Waals surface area contributed by atoms with Gasteiger partial charge in [-0.2, -0.15) is 5.26 Å². The molecule has 3 rings (SSSR count). The number of nitriles is 1. The third-order valence-corrected chi connectivity index (χ3v) is 5.00. The number of nitrogens with one attached hydrogen (secondary N) is 1. The Morgan fingerprint density at radius 3 is 2.79 bits per heavy atom. The van der Waals surface area contributed by atoms with Crippen molar-refractivity contribution in [1.82, 2.24) is 15.2 Å². The monoisotopic (exact) mass is 393 g/mol. The second kappa shape index (κ2) is 10.4. The molecule has 29 heavy (non-hydrogen) atoms. The number of carbonyl (C=O) groups is 1. The molecular weight excluding hydrogens is 366 g/mol. The van der Waals surface area contributed by atoms with Crippen molar-refractivity contribution in [3.8, 4) is 6.07 Å². The molecule has 2 heterocycles. The lowest BCUT2D eigenvalue weighted by Gasteiger charge is -2.23. The fourth-order valence-electron chi connectivity index (χ4n) is 3.43. The Bertz CT molecular complexity index is 864. The van der Waals surface area contributed by atoms with E-state index in [4.69, 9.17) is 4.74 Å². The number of hydrogen-bond donors (Lipinski definition) is 1. The van der Waals surface area contributed by atoms with Crippen molar-refractivity contribution in [3.05, 3.63) is 59.3 Å². The van der Waals surface area contributed by atoms with Crippen LogP contribution in [0.2, 0.25) is 0 Å². The van der Waals surface area contributed by atoms with Gasteiger partial charge >= 0.3 is 6.03 Å². The normalized spacial score (nSPS) is 14.2. The van der Waals surface area contributed by atoms with Crippen molar-refractivity contribution >= 4 is 11.8 Å². The van der Waals surface area contributed by atoms with E-state index in [2.05, 4.69) is 21.3 Å². The first-order valence-electron chi connectivity index (χ1n) is 10.00. The van der Waals surface area contributed by atoms with E-state index in [0.29, 0.717) is 50.8 Å².